The zero-order chi connectivity index (χ0) is 18.5. The molecule has 0 unspecified atom stereocenters. The van der Waals surface area contributed by atoms with E-state index in [2.05, 4.69) is 20.6 Å². The molecule has 1 aromatic carbocycles. The molecule has 1 aromatic heterocycles. The summed E-state index contributed by atoms with van der Waals surface area (Å²) in [7, 11) is 0. The van der Waals surface area contributed by atoms with Gasteiger partial charge in [-0.1, -0.05) is 12.1 Å². The van der Waals surface area contributed by atoms with Gasteiger partial charge in [0.15, 0.2) is 0 Å². The molecule has 0 aliphatic carbocycles. The second-order valence-corrected chi connectivity index (χ2v) is 6.40. The predicted molar refractivity (Wildman–Crippen MR) is 96.7 cm³/mol. The van der Waals surface area contributed by atoms with E-state index in [0.29, 0.717) is 18.7 Å². The average Bonchev–Trinajstić information content (AvgIpc) is 2.62. The molecule has 0 bridgehead atoms. The molecule has 3 rings (SSSR count). The van der Waals surface area contributed by atoms with Crippen LogP contribution in [0, 0.1) is 6.92 Å². The van der Waals surface area contributed by atoms with Crippen LogP contribution >= 0.6 is 0 Å². The summed E-state index contributed by atoms with van der Waals surface area (Å²) in [6, 6.07) is 7.64. The minimum atomic E-state index is -0.310. The third-order valence-electron chi connectivity index (χ3n) is 4.22. The molecule has 0 saturated carbocycles. The summed E-state index contributed by atoms with van der Waals surface area (Å²) in [5.41, 5.74) is 2.65. The number of rotatable bonds is 4. The van der Waals surface area contributed by atoms with Crippen LogP contribution in [0.3, 0.4) is 0 Å². The van der Waals surface area contributed by atoms with Crippen LogP contribution in [-0.2, 0) is 9.53 Å². The standard InChI is InChI=1S/C19H22N4O3/c1-12-10-21-17(11-20-12)19(25)23-15-5-3-4-14(8-15)18-9-16(6-7-26-18)22-13(2)24/h3-5,8,10-11,16,18H,6-7,9H2,1-2H3,(H,22,24)(H,23,25)/t16-,18+/m0/s1. The van der Waals surface area contributed by atoms with Gasteiger partial charge in [-0.25, -0.2) is 4.98 Å². The Kier molecular flexibility index (Phi) is 5.58. The Hall–Kier alpha value is -2.80. The van der Waals surface area contributed by atoms with E-state index in [1.165, 1.54) is 13.1 Å². The zero-order valence-corrected chi connectivity index (χ0v) is 14.9. The fourth-order valence-electron chi connectivity index (χ4n) is 2.97. The number of aromatic nitrogens is 2. The average molecular weight is 354 g/mol. The Labute approximate surface area is 152 Å². The van der Waals surface area contributed by atoms with Crippen LogP contribution in [0.15, 0.2) is 36.7 Å². The van der Waals surface area contributed by atoms with E-state index in [1.807, 2.05) is 31.2 Å². The lowest BCUT2D eigenvalue weighted by atomic mass is 9.97. The monoisotopic (exact) mass is 354 g/mol. The van der Waals surface area contributed by atoms with Crippen molar-refractivity contribution in [1.29, 1.82) is 0 Å². The van der Waals surface area contributed by atoms with Crippen molar-refractivity contribution in [2.45, 2.75) is 38.8 Å². The number of benzene rings is 1. The van der Waals surface area contributed by atoms with Gasteiger partial charge in [0.2, 0.25) is 5.91 Å². The van der Waals surface area contributed by atoms with Gasteiger partial charge in [-0.15, -0.1) is 0 Å². The summed E-state index contributed by atoms with van der Waals surface area (Å²) < 4.78 is 5.85. The summed E-state index contributed by atoms with van der Waals surface area (Å²) in [6.45, 7) is 3.93. The van der Waals surface area contributed by atoms with Gasteiger partial charge in [0, 0.05) is 31.5 Å². The summed E-state index contributed by atoms with van der Waals surface area (Å²) >= 11 is 0. The number of carbonyl (C=O) groups excluding carboxylic acids is 2. The van der Waals surface area contributed by atoms with Gasteiger partial charge < -0.3 is 15.4 Å². The van der Waals surface area contributed by atoms with Crippen molar-refractivity contribution in [1.82, 2.24) is 15.3 Å². The summed E-state index contributed by atoms with van der Waals surface area (Å²) in [5, 5.41) is 5.78. The van der Waals surface area contributed by atoms with Gasteiger partial charge in [-0.05, 0) is 37.5 Å². The van der Waals surface area contributed by atoms with E-state index in [1.54, 1.807) is 6.20 Å². The van der Waals surface area contributed by atoms with Crippen LogP contribution < -0.4 is 10.6 Å². The number of hydrogen-bond acceptors (Lipinski definition) is 5. The molecular formula is C19H22N4O3. The smallest absolute Gasteiger partial charge is 0.275 e. The molecule has 2 N–H and O–H groups in total. The van der Waals surface area contributed by atoms with Crippen LogP contribution in [0.2, 0.25) is 0 Å². The Bertz CT molecular complexity index is 792. The van der Waals surface area contributed by atoms with Gasteiger partial charge in [-0.2, -0.15) is 0 Å². The molecular weight excluding hydrogens is 332 g/mol. The van der Waals surface area contributed by atoms with Gasteiger partial charge in [-0.3, -0.25) is 14.6 Å². The molecule has 2 heterocycles. The first kappa shape index (κ1) is 18.0. The summed E-state index contributed by atoms with van der Waals surface area (Å²) in [4.78, 5) is 31.7. The Morgan fingerprint density at radius 2 is 2.08 bits per heavy atom. The molecule has 136 valence electrons. The lowest BCUT2D eigenvalue weighted by Gasteiger charge is -2.30. The maximum atomic E-state index is 12.3. The highest BCUT2D eigenvalue weighted by Crippen LogP contribution is 2.29. The van der Waals surface area contributed by atoms with E-state index in [9.17, 15) is 9.59 Å². The molecule has 1 aliphatic heterocycles. The fourth-order valence-corrected chi connectivity index (χ4v) is 2.97. The highest BCUT2D eigenvalue weighted by Gasteiger charge is 2.24. The highest BCUT2D eigenvalue weighted by molar-refractivity contribution is 6.02. The first-order chi connectivity index (χ1) is 12.5. The Balaban J connectivity index is 1.68. The second-order valence-electron chi connectivity index (χ2n) is 6.40. The van der Waals surface area contributed by atoms with Crippen LogP contribution in [0.4, 0.5) is 5.69 Å². The van der Waals surface area contributed by atoms with E-state index in [4.69, 9.17) is 4.74 Å². The van der Waals surface area contributed by atoms with E-state index in [0.717, 1.165) is 17.7 Å². The van der Waals surface area contributed by atoms with Crippen molar-refractivity contribution >= 4 is 17.5 Å². The molecule has 1 saturated heterocycles. The van der Waals surface area contributed by atoms with E-state index < -0.39 is 0 Å². The number of hydrogen-bond donors (Lipinski definition) is 2. The fraction of sp³-hybridized carbons (Fsp3) is 0.368. The number of carbonyl (C=O) groups is 2. The van der Waals surface area contributed by atoms with Crippen LogP contribution in [0.25, 0.3) is 0 Å². The maximum Gasteiger partial charge on any atom is 0.275 e. The minimum absolute atomic E-state index is 0.0316. The van der Waals surface area contributed by atoms with Gasteiger partial charge in [0.25, 0.3) is 5.91 Å². The molecule has 1 aliphatic rings. The molecule has 0 radical (unpaired) electrons. The maximum absolute atomic E-state index is 12.3. The van der Waals surface area contributed by atoms with Crippen LogP contribution in [-0.4, -0.2) is 34.4 Å². The molecule has 26 heavy (non-hydrogen) atoms. The number of aryl methyl sites for hydroxylation is 1. The molecule has 7 nitrogen and oxygen atoms in total. The summed E-state index contributed by atoms with van der Waals surface area (Å²) in [5.74, 6) is -0.341. The first-order valence-electron chi connectivity index (χ1n) is 8.60. The van der Waals surface area contributed by atoms with Gasteiger partial charge >= 0.3 is 0 Å². The second kappa shape index (κ2) is 8.05. The summed E-state index contributed by atoms with van der Waals surface area (Å²) in [6.07, 6.45) is 4.41. The van der Waals surface area contributed by atoms with Crippen molar-refractivity contribution < 1.29 is 14.3 Å². The van der Waals surface area contributed by atoms with E-state index >= 15 is 0 Å². The number of ether oxygens (including phenoxy) is 1. The van der Waals surface area contributed by atoms with Crippen LogP contribution in [0.5, 0.6) is 0 Å². The number of amides is 2. The zero-order valence-electron chi connectivity index (χ0n) is 14.9. The quantitative estimate of drug-likeness (QED) is 0.879. The van der Waals surface area contributed by atoms with Gasteiger partial charge in [0.05, 0.1) is 18.0 Å². The molecule has 0 spiro atoms. The largest absolute Gasteiger partial charge is 0.373 e. The van der Waals surface area contributed by atoms with Crippen molar-refractivity contribution in [3.8, 4) is 0 Å². The third-order valence-corrected chi connectivity index (χ3v) is 4.22. The number of nitrogens with zero attached hydrogens (tertiary/aromatic N) is 2. The predicted octanol–water partition coefficient (Wildman–Crippen LogP) is 2.39. The highest BCUT2D eigenvalue weighted by atomic mass is 16.5. The molecule has 1 fully saturated rings. The van der Waals surface area contributed by atoms with Crippen LogP contribution in [0.1, 0.15) is 47.6 Å². The number of nitrogens with one attached hydrogen (secondary N) is 2. The Morgan fingerprint density at radius 3 is 2.81 bits per heavy atom. The third kappa shape index (κ3) is 4.64. The van der Waals surface area contributed by atoms with Gasteiger partial charge in [0.1, 0.15) is 5.69 Å². The minimum Gasteiger partial charge on any atom is -0.373 e. The van der Waals surface area contributed by atoms with Crippen molar-refractivity contribution in [3.63, 3.8) is 0 Å². The SMILES string of the molecule is CC(=O)N[C@H]1CCO[C@@H](c2cccc(NC(=O)c3cnc(C)cn3)c2)C1. The molecule has 2 aromatic rings. The van der Waals surface area contributed by atoms with E-state index in [-0.39, 0.29) is 29.7 Å². The van der Waals surface area contributed by atoms with Crippen molar-refractivity contribution in [3.05, 3.63) is 53.6 Å². The van der Waals surface area contributed by atoms with Crippen molar-refractivity contribution in [2.75, 3.05) is 11.9 Å². The topological polar surface area (TPSA) is 93.2 Å². The van der Waals surface area contributed by atoms with Crippen molar-refractivity contribution in [2.24, 2.45) is 0 Å². The first-order valence-corrected chi connectivity index (χ1v) is 8.60. The molecule has 2 atom stereocenters. The lowest BCUT2D eigenvalue weighted by molar-refractivity contribution is -0.120. The lowest BCUT2D eigenvalue weighted by Crippen LogP contribution is -2.38. The molecule has 2 amide bonds. The Morgan fingerprint density at radius 1 is 1.23 bits per heavy atom. The normalized spacial score (nSPS) is 19.6. The number of anilines is 1. The molecule has 7 heteroatoms.